The van der Waals surface area contributed by atoms with Crippen molar-refractivity contribution in [3.63, 3.8) is 0 Å². The molecule has 0 saturated carbocycles. The zero-order valence-corrected chi connectivity index (χ0v) is 28.6. The zero-order chi connectivity index (χ0) is 29.7. The van der Waals surface area contributed by atoms with Crippen LogP contribution in [0.15, 0.2) is 72.8 Å². The molecule has 224 valence electrons. The highest BCUT2D eigenvalue weighted by molar-refractivity contribution is 6.74. The third kappa shape index (κ3) is 7.78. The van der Waals surface area contributed by atoms with Crippen molar-refractivity contribution in [1.82, 2.24) is 0 Å². The molecule has 1 fully saturated rings. The Labute approximate surface area is 251 Å². The minimum absolute atomic E-state index is 0.0528. The maximum atomic E-state index is 7.30. The molecule has 1 aliphatic heterocycles. The number of benzene rings is 3. The molecule has 0 N–H and O–H groups in total. The summed E-state index contributed by atoms with van der Waals surface area (Å²) in [5, 5.41) is 2.58. The number of hydrogen-bond donors (Lipinski definition) is 0. The smallest absolute Gasteiger partial charge is 0.192 e. The molecule has 4 atom stereocenters. The zero-order valence-electron chi connectivity index (χ0n) is 26.6. The van der Waals surface area contributed by atoms with E-state index in [1.165, 1.54) is 21.9 Å². The Bertz CT molecular complexity index is 1230. The van der Waals surface area contributed by atoms with Crippen molar-refractivity contribution in [2.24, 2.45) is 0 Å². The van der Waals surface area contributed by atoms with E-state index < -0.39 is 16.6 Å². The van der Waals surface area contributed by atoms with Crippen LogP contribution in [0.4, 0.5) is 0 Å². The predicted octanol–water partition coefficient (Wildman–Crippen LogP) is 9.67. The first-order valence-corrected chi connectivity index (χ1v) is 21.1. The average molecular weight is 593 g/mol. The van der Waals surface area contributed by atoms with Crippen LogP contribution in [0.25, 0.3) is 10.8 Å². The van der Waals surface area contributed by atoms with Gasteiger partial charge in [-0.15, -0.1) is 0 Å². The van der Waals surface area contributed by atoms with E-state index in [-0.39, 0.29) is 29.5 Å². The van der Waals surface area contributed by atoms with Gasteiger partial charge >= 0.3 is 0 Å². The van der Waals surface area contributed by atoms with E-state index in [2.05, 4.69) is 121 Å². The fourth-order valence-electron chi connectivity index (χ4n) is 5.66. The Morgan fingerprint density at radius 3 is 2.07 bits per heavy atom. The summed E-state index contributed by atoms with van der Waals surface area (Å²) in [6.07, 6.45) is 0.286. The van der Waals surface area contributed by atoms with Gasteiger partial charge in [-0.3, -0.25) is 0 Å². The highest BCUT2D eigenvalue weighted by Crippen LogP contribution is 2.43. The second-order valence-electron chi connectivity index (χ2n) is 13.2. The molecule has 0 spiro atoms. The van der Waals surface area contributed by atoms with Crippen LogP contribution < -0.4 is 0 Å². The summed E-state index contributed by atoms with van der Waals surface area (Å²) >= 11 is 0. The van der Waals surface area contributed by atoms with Crippen molar-refractivity contribution in [1.29, 1.82) is 0 Å². The molecule has 41 heavy (non-hydrogen) atoms. The molecular weight excluding hydrogens is 541 g/mol. The minimum Gasteiger partial charge on any atom is -0.411 e. The van der Waals surface area contributed by atoms with Crippen LogP contribution in [0.1, 0.15) is 65.2 Å². The Kier molecular flexibility index (Phi) is 10.7. The van der Waals surface area contributed by atoms with Crippen molar-refractivity contribution in [3.8, 4) is 0 Å². The van der Waals surface area contributed by atoms with Crippen LogP contribution in [-0.2, 0) is 24.9 Å². The number of hydrogen-bond acceptors (Lipinski definition) is 4. The maximum absolute atomic E-state index is 7.30. The van der Waals surface area contributed by atoms with Gasteiger partial charge in [-0.25, -0.2) is 0 Å². The second kappa shape index (κ2) is 13.7. The fourth-order valence-corrected chi connectivity index (χ4v) is 9.89. The molecule has 0 bridgehead atoms. The van der Waals surface area contributed by atoms with Crippen LogP contribution >= 0.6 is 0 Å². The van der Waals surface area contributed by atoms with E-state index in [0.717, 1.165) is 24.6 Å². The van der Waals surface area contributed by atoms with E-state index in [4.69, 9.17) is 18.3 Å². The van der Waals surface area contributed by atoms with Crippen LogP contribution in [0.2, 0.25) is 36.3 Å². The van der Waals surface area contributed by atoms with Crippen molar-refractivity contribution in [2.45, 2.75) is 115 Å². The average Bonchev–Trinajstić information content (AvgIpc) is 2.96. The molecule has 0 radical (unpaired) electrons. The van der Waals surface area contributed by atoms with E-state index in [1.54, 1.807) is 0 Å². The molecule has 3 aromatic rings. The van der Waals surface area contributed by atoms with Crippen molar-refractivity contribution >= 4 is 27.4 Å². The first-order valence-electron chi connectivity index (χ1n) is 15.6. The monoisotopic (exact) mass is 592 g/mol. The summed E-state index contributed by atoms with van der Waals surface area (Å²) in [7, 11) is -4.04. The van der Waals surface area contributed by atoms with Gasteiger partial charge in [-0.05, 0) is 64.2 Å². The van der Waals surface area contributed by atoms with Gasteiger partial charge in [0.2, 0.25) is 0 Å². The van der Waals surface area contributed by atoms with Gasteiger partial charge < -0.3 is 18.3 Å². The van der Waals surface area contributed by atoms with Gasteiger partial charge in [0.1, 0.15) is 6.10 Å². The molecule has 0 aliphatic carbocycles. The first-order chi connectivity index (χ1) is 19.5. The number of fused-ring (bicyclic) bond motifs is 1. The quantitative estimate of drug-likeness (QED) is 0.196. The lowest BCUT2D eigenvalue weighted by Gasteiger charge is -2.49. The largest absolute Gasteiger partial charge is 0.411 e. The summed E-state index contributed by atoms with van der Waals surface area (Å²) < 4.78 is 27.9. The SMILES string of the molecule is CC[Si](CC)(CC)O[C@H]1[C@@H](O[Si](C)(C)C(C)(C)C)C[C@H](c2ccc3ccccc3c2)O[C@@H]1COCc1ccccc1. The standard InChI is InChI=1S/C35H52O4Si2/c1-9-41(10-2,11-3)39-34-32(38-40(7,8)35(4,5)6)24-31(30-22-21-28-19-15-16-20-29(28)23-30)37-33(34)26-36-25-27-17-13-12-14-18-27/h12-23,31-34H,9-11,24-26H2,1-8H3/t31-,32+,33-,34+/m1/s1. The van der Waals surface area contributed by atoms with Crippen LogP contribution in [0.3, 0.4) is 0 Å². The minimum atomic E-state index is -2.09. The van der Waals surface area contributed by atoms with Crippen molar-refractivity contribution in [3.05, 3.63) is 83.9 Å². The van der Waals surface area contributed by atoms with Gasteiger partial charge in [0.05, 0.1) is 31.5 Å². The highest BCUT2D eigenvalue weighted by atomic mass is 28.4. The van der Waals surface area contributed by atoms with Gasteiger partial charge in [0.25, 0.3) is 0 Å². The summed E-state index contributed by atoms with van der Waals surface area (Å²) in [6.45, 7) is 19.6. The van der Waals surface area contributed by atoms with Gasteiger partial charge in [0, 0.05) is 6.42 Å². The van der Waals surface area contributed by atoms with Gasteiger partial charge in [0.15, 0.2) is 16.6 Å². The summed E-state index contributed by atoms with van der Waals surface area (Å²) in [4.78, 5) is 0. The summed E-state index contributed by atoms with van der Waals surface area (Å²) in [5.41, 5.74) is 2.37. The molecule has 0 unspecified atom stereocenters. The van der Waals surface area contributed by atoms with E-state index in [1.807, 2.05) is 6.07 Å². The lowest BCUT2D eigenvalue weighted by molar-refractivity contribution is -0.180. The fraction of sp³-hybridized carbons (Fsp3) is 0.543. The van der Waals surface area contributed by atoms with Crippen LogP contribution in [0, 0.1) is 0 Å². The third-order valence-corrected chi connectivity index (χ3v) is 18.8. The molecule has 4 nitrogen and oxygen atoms in total. The maximum Gasteiger partial charge on any atom is 0.192 e. The number of ether oxygens (including phenoxy) is 2. The van der Waals surface area contributed by atoms with Crippen LogP contribution in [0.5, 0.6) is 0 Å². The first kappa shape index (κ1) is 32.1. The predicted molar refractivity (Wildman–Crippen MR) is 176 cm³/mol. The normalized spacial score (nSPS) is 22.2. The third-order valence-electron chi connectivity index (χ3n) is 9.63. The Morgan fingerprint density at radius 2 is 1.44 bits per heavy atom. The molecule has 1 saturated heterocycles. The number of rotatable bonds is 12. The Hall–Kier alpha value is -1.81. The van der Waals surface area contributed by atoms with E-state index in [9.17, 15) is 0 Å². The van der Waals surface area contributed by atoms with Crippen LogP contribution in [-0.4, -0.2) is 41.6 Å². The summed E-state index contributed by atoms with van der Waals surface area (Å²) in [5.74, 6) is 0. The summed E-state index contributed by atoms with van der Waals surface area (Å²) in [6, 6.07) is 28.9. The van der Waals surface area contributed by atoms with Crippen molar-refractivity contribution < 1.29 is 18.3 Å². The Balaban J connectivity index is 1.70. The second-order valence-corrected chi connectivity index (χ2v) is 22.7. The molecule has 4 rings (SSSR count). The van der Waals surface area contributed by atoms with Crippen molar-refractivity contribution in [2.75, 3.05) is 6.61 Å². The lowest BCUT2D eigenvalue weighted by atomic mass is 9.93. The Morgan fingerprint density at radius 1 is 0.805 bits per heavy atom. The molecule has 1 aliphatic rings. The molecule has 3 aromatic carbocycles. The molecule has 6 heteroatoms. The molecule has 0 aromatic heterocycles. The topological polar surface area (TPSA) is 36.9 Å². The van der Waals surface area contributed by atoms with E-state index >= 15 is 0 Å². The molecule has 0 amide bonds. The van der Waals surface area contributed by atoms with Gasteiger partial charge in [-0.2, -0.15) is 0 Å². The molecular formula is C35H52O4Si2. The van der Waals surface area contributed by atoms with E-state index in [0.29, 0.717) is 13.2 Å². The highest BCUT2D eigenvalue weighted by Gasteiger charge is 2.49. The lowest BCUT2D eigenvalue weighted by Crippen LogP contribution is -2.58. The van der Waals surface area contributed by atoms with Gasteiger partial charge in [-0.1, -0.05) is 108 Å². The molecule has 1 heterocycles.